The van der Waals surface area contributed by atoms with Crippen LogP contribution in [-0.2, 0) is 12.0 Å². The van der Waals surface area contributed by atoms with Crippen LogP contribution in [0.2, 0.25) is 0 Å². The molecule has 0 aliphatic rings. The van der Waals surface area contributed by atoms with Crippen LogP contribution in [0.1, 0.15) is 52.9 Å². The fourth-order valence-corrected chi connectivity index (χ4v) is 2.29. The van der Waals surface area contributed by atoms with Gasteiger partial charge in [-0.25, -0.2) is 0 Å². The third-order valence-electron chi connectivity index (χ3n) is 3.48. The molecular formula is C18H27NO2. The second kappa shape index (κ2) is 5.38. The van der Waals surface area contributed by atoms with Crippen LogP contribution >= 0.6 is 0 Å². The number of benzene rings is 1. The number of nitrogens with one attached hydrogen (secondary N) is 1. The molecule has 0 aliphatic carbocycles. The molecule has 1 N–H and O–H groups in total. The summed E-state index contributed by atoms with van der Waals surface area (Å²) in [6, 6.07) is 6.22. The summed E-state index contributed by atoms with van der Waals surface area (Å²) < 4.78 is 11.5. The van der Waals surface area contributed by atoms with Crippen molar-refractivity contribution < 1.29 is 9.15 Å². The van der Waals surface area contributed by atoms with E-state index in [2.05, 4.69) is 59.0 Å². The normalized spacial score (nSPS) is 12.9. The van der Waals surface area contributed by atoms with Gasteiger partial charge in [0.2, 0.25) is 0 Å². The lowest BCUT2D eigenvalue weighted by molar-refractivity contribution is 0.393. The van der Waals surface area contributed by atoms with E-state index in [0.717, 1.165) is 29.0 Å². The smallest absolute Gasteiger partial charge is 0.138 e. The largest absolute Gasteiger partial charge is 0.497 e. The highest BCUT2D eigenvalue weighted by atomic mass is 16.5. The van der Waals surface area contributed by atoms with Crippen molar-refractivity contribution >= 4 is 11.0 Å². The molecule has 0 atom stereocenters. The van der Waals surface area contributed by atoms with Gasteiger partial charge in [0.05, 0.1) is 13.7 Å². The average molecular weight is 289 g/mol. The van der Waals surface area contributed by atoms with Gasteiger partial charge in [0.1, 0.15) is 17.1 Å². The molecule has 2 aromatic rings. The topological polar surface area (TPSA) is 34.4 Å². The highest BCUT2D eigenvalue weighted by Crippen LogP contribution is 2.35. The monoisotopic (exact) mass is 289 g/mol. The molecule has 21 heavy (non-hydrogen) atoms. The maximum Gasteiger partial charge on any atom is 0.138 e. The van der Waals surface area contributed by atoms with Crippen molar-refractivity contribution in [3.63, 3.8) is 0 Å². The maximum atomic E-state index is 6.10. The molecule has 1 aromatic carbocycles. The zero-order chi connectivity index (χ0) is 15.8. The first kappa shape index (κ1) is 15.9. The van der Waals surface area contributed by atoms with Crippen LogP contribution in [0.5, 0.6) is 5.75 Å². The zero-order valence-electron chi connectivity index (χ0n) is 14.3. The van der Waals surface area contributed by atoms with Crippen LogP contribution in [-0.4, -0.2) is 12.6 Å². The van der Waals surface area contributed by atoms with Gasteiger partial charge in [0.15, 0.2) is 0 Å². The van der Waals surface area contributed by atoms with Gasteiger partial charge >= 0.3 is 0 Å². The Morgan fingerprint density at radius 1 is 1.05 bits per heavy atom. The third-order valence-corrected chi connectivity index (χ3v) is 3.48. The van der Waals surface area contributed by atoms with Gasteiger partial charge in [-0.05, 0) is 44.4 Å². The minimum absolute atomic E-state index is 0.0133. The van der Waals surface area contributed by atoms with E-state index in [1.807, 2.05) is 6.07 Å². The predicted octanol–water partition coefficient (Wildman–Crippen LogP) is 4.63. The van der Waals surface area contributed by atoms with Gasteiger partial charge in [-0.15, -0.1) is 0 Å². The Kier molecular flexibility index (Phi) is 4.07. The lowest BCUT2D eigenvalue weighted by Crippen LogP contribution is -2.34. The Bertz CT molecular complexity index is 627. The van der Waals surface area contributed by atoms with Crippen molar-refractivity contribution in [3.05, 3.63) is 29.5 Å². The molecule has 1 heterocycles. The second-order valence-electron chi connectivity index (χ2n) is 7.66. The standard InChI is InChI=1S/C18H27NO2/c1-17(2,3)15-10-13(20-7)8-12-9-14(21-16(12)15)11-19-18(4,5)6/h8-10,19H,11H2,1-7H3. The number of methoxy groups -OCH3 is 1. The summed E-state index contributed by atoms with van der Waals surface area (Å²) in [5.74, 6) is 1.84. The minimum atomic E-state index is 0.0133. The second-order valence-corrected chi connectivity index (χ2v) is 7.66. The van der Waals surface area contributed by atoms with Crippen LogP contribution < -0.4 is 10.1 Å². The average Bonchev–Trinajstić information content (AvgIpc) is 2.75. The van der Waals surface area contributed by atoms with Crippen molar-refractivity contribution in [1.29, 1.82) is 0 Å². The van der Waals surface area contributed by atoms with E-state index < -0.39 is 0 Å². The molecule has 1 aromatic heterocycles. The number of hydrogen-bond acceptors (Lipinski definition) is 3. The summed E-state index contributed by atoms with van der Waals surface area (Å²) in [7, 11) is 1.70. The lowest BCUT2D eigenvalue weighted by Gasteiger charge is -2.20. The van der Waals surface area contributed by atoms with Crippen LogP contribution in [0.25, 0.3) is 11.0 Å². The molecule has 3 heteroatoms. The van der Waals surface area contributed by atoms with Gasteiger partial charge in [-0.1, -0.05) is 20.8 Å². The summed E-state index contributed by atoms with van der Waals surface area (Å²) in [5.41, 5.74) is 2.23. The van der Waals surface area contributed by atoms with Crippen molar-refractivity contribution in [2.45, 2.75) is 59.0 Å². The Balaban J connectivity index is 2.46. The van der Waals surface area contributed by atoms with E-state index in [1.54, 1.807) is 7.11 Å². The van der Waals surface area contributed by atoms with Crippen molar-refractivity contribution in [3.8, 4) is 5.75 Å². The molecule has 3 nitrogen and oxygen atoms in total. The molecule has 2 rings (SSSR count). The van der Waals surface area contributed by atoms with Crippen LogP contribution in [0.3, 0.4) is 0 Å². The van der Waals surface area contributed by atoms with Crippen molar-refractivity contribution in [2.24, 2.45) is 0 Å². The van der Waals surface area contributed by atoms with E-state index >= 15 is 0 Å². The fourth-order valence-electron chi connectivity index (χ4n) is 2.29. The van der Waals surface area contributed by atoms with E-state index in [4.69, 9.17) is 9.15 Å². The van der Waals surface area contributed by atoms with Gasteiger partial charge in [0.25, 0.3) is 0 Å². The molecule has 0 saturated carbocycles. The van der Waals surface area contributed by atoms with Gasteiger partial charge in [-0.3, -0.25) is 0 Å². The van der Waals surface area contributed by atoms with Crippen molar-refractivity contribution in [2.75, 3.05) is 7.11 Å². The molecule has 116 valence electrons. The molecule has 0 aliphatic heterocycles. The summed E-state index contributed by atoms with van der Waals surface area (Å²) >= 11 is 0. The van der Waals surface area contributed by atoms with Gasteiger partial charge < -0.3 is 14.5 Å². The maximum absolute atomic E-state index is 6.10. The molecular weight excluding hydrogens is 262 g/mol. The number of hydrogen-bond donors (Lipinski definition) is 1. The Morgan fingerprint density at radius 3 is 2.24 bits per heavy atom. The summed E-state index contributed by atoms with van der Waals surface area (Å²) in [4.78, 5) is 0. The number of furan rings is 1. The van der Waals surface area contributed by atoms with E-state index in [0.29, 0.717) is 0 Å². The van der Waals surface area contributed by atoms with E-state index in [1.165, 1.54) is 5.56 Å². The Morgan fingerprint density at radius 2 is 1.71 bits per heavy atom. The summed E-state index contributed by atoms with van der Waals surface area (Å²) in [5, 5.41) is 4.56. The number of rotatable bonds is 3. The number of ether oxygens (including phenoxy) is 1. The van der Waals surface area contributed by atoms with E-state index in [-0.39, 0.29) is 11.0 Å². The third kappa shape index (κ3) is 3.79. The van der Waals surface area contributed by atoms with Crippen LogP contribution in [0.15, 0.2) is 22.6 Å². The highest BCUT2D eigenvalue weighted by molar-refractivity contribution is 5.84. The molecule has 0 bridgehead atoms. The molecule has 0 spiro atoms. The zero-order valence-corrected chi connectivity index (χ0v) is 14.3. The van der Waals surface area contributed by atoms with Gasteiger partial charge in [0, 0.05) is 16.5 Å². The Labute approximate surface area is 127 Å². The first-order valence-electron chi connectivity index (χ1n) is 7.46. The van der Waals surface area contributed by atoms with Crippen LogP contribution in [0, 0.1) is 0 Å². The minimum Gasteiger partial charge on any atom is -0.497 e. The molecule has 0 fully saturated rings. The van der Waals surface area contributed by atoms with Crippen LogP contribution in [0.4, 0.5) is 0 Å². The fraction of sp³-hybridized carbons (Fsp3) is 0.556. The number of fused-ring (bicyclic) bond motifs is 1. The molecule has 0 radical (unpaired) electrons. The Hall–Kier alpha value is -1.48. The molecule has 0 unspecified atom stereocenters. The first-order chi connectivity index (χ1) is 9.60. The lowest BCUT2D eigenvalue weighted by atomic mass is 9.86. The summed E-state index contributed by atoms with van der Waals surface area (Å²) in [6.45, 7) is 13.8. The van der Waals surface area contributed by atoms with Crippen molar-refractivity contribution in [1.82, 2.24) is 5.32 Å². The highest BCUT2D eigenvalue weighted by Gasteiger charge is 2.21. The molecule has 0 saturated heterocycles. The molecule has 0 amide bonds. The SMILES string of the molecule is COc1cc(C(C)(C)C)c2oc(CNC(C)(C)C)cc2c1. The predicted molar refractivity (Wildman–Crippen MR) is 88.1 cm³/mol. The summed E-state index contributed by atoms with van der Waals surface area (Å²) in [6.07, 6.45) is 0. The van der Waals surface area contributed by atoms with E-state index in [9.17, 15) is 0 Å². The quantitative estimate of drug-likeness (QED) is 0.894. The van der Waals surface area contributed by atoms with Gasteiger partial charge in [-0.2, -0.15) is 0 Å². The first-order valence-corrected chi connectivity index (χ1v) is 7.46.